The first kappa shape index (κ1) is 23.2. The average Bonchev–Trinajstić information content (AvgIpc) is 3.22. The van der Waals surface area contributed by atoms with Crippen molar-refractivity contribution >= 4 is 22.6 Å². The van der Waals surface area contributed by atoms with Crippen LogP contribution in [0.5, 0.6) is 0 Å². The second kappa shape index (κ2) is 9.86. The van der Waals surface area contributed by atoms with Crippen molar-refractivity contribution in [2.75, 3.05) is 5.32 Å². The molecule has 0 saturated heterocycles. The van der Waals surface area contributed by atoms with Gasteiger partial charge >= 0.3 is 5.69 Å². The van der Waals surface area contributed by atoms with Gasteiger partial charge in [-0.2, -0.15) is 5.10 Å². The van der Waals surface area contributed by atoms with Crippen LogP contribution < -0.4 is 16.6 Å². The minimum Gasteiger partial charge on any atom is -0.325 e. The lowest BCUT2D eigenvalue weighted by Crippen LogP contribution is -2.41. The van der Waals surface area contributed by atoms with E-state index in [4.69, 9.17) is 0 Å². The second-order valence-corrected chi connectivity index (χ2v) is 8.27. The highest BCUT2D eigenvalue weighted by Crippen LogP contribution is 2.13. The maximum Gasteiger partial charge on any atom is 0.332 e. The number of nitrogens with one attached hydrogen (secondary N) is 1. The first-order valence-corrected chi connectivity index (χ1v) is 11.2. The second-order valence-electron chi connectivity index (χ2n) is 8.27. The molecule has 0 unspecified atom stereocenters. The fourth-order valence-corrected chi connectivity index (χ4v) is 3.83. The van der Waals surface area contributed by atoms with Gasteiger partial charge in [0, 0.05) is 18.9 Å². The molecule has 0 aliphatic rings. The van der Waals surface area contributed by atoms with Crippen LogP contribution in [0, 0.1) is 5.82 Å². The van der Waals surface area contributed by atoms with Crippen molar-refractivity contribution < 1.29 is 9.18 Å². The number of unbranched alkanes of at least 4 members (excludes halogenated alkanes) is 1. The Morgan fingerprint density at radius 3 is 2.35 bits per heavy atom. The quantitative estimate of drug-likeness (QED) is 0.435. The van der Waals surface area contributed by atoms with E-state index < -0.39 is 23.0 Å². The molecule has 0 radical (unpaired) electrons. The summed E-state index contributed by atoms with van der Waals surface area (Å²) in [5, 5.41) is 7.00. The Balaban J connectivity index is 1.63. The van der Waals surface area contributed by atoms with E-state index in [9.17, 15) is 18.8 Å². The molecular weight excluding hydrogens is 437 g/mol. The number of aryl methyl sites for hydroxylation is 2. The van der Waals surface area contributed by atoms with Crippen LogP contribution in [0.4, 0.5) is 10.1 Å². The third-order valence-electron chi connectivity index (χ3n) is 5.62. The van der Waals surface area contributed by atoms with E-state index in [1.54, 1.807) is 7.05 Å². The number of hydrogen-bond donors (Lipinski definition) is 1. The van der Waals surface area contributed by atoms with Crippen molar-refractivity contribution in [3.8, 4) is 0 Å². The van der Waals surface area contributed by atoms with E-state index >= 15 is 0 Å². The van der Waals surface area contributed by atoms with Crippen LogP contribution in [0.3, 0.4) is 0 Å². The molecule has 4 rings (SSSR count). The predicted octanol–water partition coefficient (Wildman–Crippen LogP) is 3.07. The zero-order valence-corrected chi connectivity index (χ0v) is 19.1. The summed E-state index contributed by atoms with van der Waals surface area (Å²) in [4.78, 5) is 39.0. The molecule has 9 heteroatoms. The zero-order chi connectivity index (χ0) is 24.2. The van der Waals surface area contributed by atoms with Gasteiger partial charge in [-0.15, -0.1) is 0 Å². The van der Waals surface area contributed by atoms with Gasteiger partial charge in [0.05, 0.1) is 12.1 Å². The summed E-state index contributed by atoms with van der Waals surface area (Å²) in [5.41, 5.74) is 1.55. The third-order valence-corrected chi connectivity index (χ3v) is 5.62. The van der Waals surface area contributed by atoms with Gasteiger partial charge in [-0.25, -0.2) is 9.18 Å². The summed E-state index contributed by atoms with van der Waals surface area (Å²) < 4.78 is 16.9. The van der Waals surface area contributed by atoms with Gasteiger partial charge in [0.15, 0.2) is 5.52 Å². The molecule has 0 fully saturated rings. The number of benzene rings is 2. The lowest BCUT2D eigenvalue weighted by molar-refractivity contribution is -0.116. The zero-order valence-electron chi connectivity index (χ0n) is 19.1. The highest BCUT2D eigenvalue weighted by atomic mass is 19.1. The molecule has 0 atom stereocenters. The Bertz CT molecular complexity index is 1430. The van der Waals surface area contributed by atoms with Crippen LogP contribution in [-0.4, -0.2) is 24.8 Å². The fourth-order valence-electron chi connectivity index (χ4n) is 3.83. The highest BCUT2D eigenvalue weighted by molar-refractivity contribution is 5.91. The van der Waals surface area contributed by atoms with Gasteiger partial charge in [0.2, 0.25) is 5.91 Å². The summed E-state index contributed by atoms with van der Waals surface area (Å²) in [7, 11) is 1.64. The first-order chi connectivity index (χ1) is 16.4. The number of aromatic nitrogens is 4. The highest BCUT2D eigenvalue weighted by Gasteiger charge is 2.18. The molecule has 0 saturated carbocycles. The number of nitrogens with zero attached hydrogens (tertiary/aromatic N) is 4. The van der Waals surface area contributed by atoms with Crippen LogP contribution >= 0.6 is 0 Å². The summed E-state index contributed by atoms with van der Waals surface area (Å²) in [6.07, 6.45) is 4.73. The van der Waals surface area contributed by atoms with Crippen LogP contribution in [0.15, 0.2) is 64.3 Å². The number of fused-ring (bicyclic) bond motifs is 1. The molecule has 8 nitrogen and oxygen atoms in total. The predicted molar refractivity (Wildman–Crippen MR) is 128 cm³/mol. The SMILES string of the molecule is CCCCc1ccc(NC(=O)Cn2c(=O)n(Cc3ccc(F)cc3)c(=O)c3nn(C)cc32)cc1. The largest absolute Gasteiger partial charge is 0.332 e. The van der Waals surface area contributed by atoms with Gasteiger partial charge in [0.25, 0.3) is 5.56 Å². The van der Waals surface area contributed by atoms with E-state index in [1.807, 2.05) is 24.3 Å². The molecule has 2 heterocycles. The standard InChI is InChI=1S/C25H26FN5O3/c1-3-4-5-17-8-12-20(13-9-17)27-22(32)16-30-21-15-29(2)28-23(21)24(33)31(25(30)34)14-18-6-10-19(26)11-7-18/h6-13,15H,3-5,14,16H2,1-2H3,(H,27,32). The molecule has 0 bridgehead atoms. The molecule has 1 amide bonds. The van der Waals surface area contributed by atoms with Gasteiger partial charge < -0.3 is 5.32 Å². The Morgan fingerprint density at radius 2 is 1.68 bits per heavy atom. The summed E-state index contributed by atoms with van der Waals surface area (Å²) in [5.74, 6) is -0.815. The average molecular weight is 464 g/mol. The van der Waals surface area contributed by atoms with Crippen LogP contribution in [0.1, 0.15) is 30.9 Å². The van der Waals surface area contributed by atoms with Gasteiger partial charge in [-0.3, -0.25) is 23.4 Å². The summed E-state index contributed by atoms with van der Waals surface area (Å²) >= 11 is 0. The van der Waals surface area contributed by atoms with Gasteiger partial charge in [-0.1, -0.05) is 37.6 Å². The number of halogens is 1. The maximum absolute atomic E-state index is 13.3. The number of carbonyl (C=O) groups excluding carboxylic acids is 1. The Hall–Kier alpha value is -4.01. The molecule has 4 aromatic rings. The lowest BCUT2D eigenvalue weighted by atomic mass is 10.1. The van der Waals surface area contributed by atoms with E-state index in [-0.39, 0.29) is 24.1 Å². The van der Waals surface area contributed by atoms with E-state index in [2.05, 4.69) is 17.3 Å². The Kier molecular flexibility index (Phi) is 6.72. The molecular formula is C25H26FN5O3. The van der Waals surface area contributed by atoms with Crippen molar-refractivity contribution in [1.29, 1.82) is 0 Å². The molecule has 0 spiro atoms. The monoisotopic (exact) mass is 463 g/mol. The maximum atomic E-state index is 13.3. The van der Waals surface area contributed by atoms with Crippen molar-refractivity contribution in [2.24, 2.45) is 7.05 Å². The Morgan fingerprint density at radius 1 is 1.00 bits per heavy atom. The fraction of sp³-hybridized carbons (Fsp3) is 0.280. The minimum absolute atomic E-state index is 0.0642. The number of carbonyl (C=O) groups is 1. The molecule has 176 valence electrons. The van der Waals surface area contributed by atoms with Gasteiger partial charge in [-0.05, 0) is 48.2 Å². The molecule has 2 aromatic carbocycles. The Labute approximate surface area is 195 Å². The van der Waals surface area contributed by atoms with E-state index in [0.717, 1.165) is 23.8 Å². The smallest absolute Gasteiger partial charge is 0.325 e. The number of rotatable bonds is 8. The third kappa shape index (κ3) is 4.98. The number of hydrogen-bond acceptors (Lipinski definition) is 4. The summed E-state index contributed by atoms with van der Waals surface area (Å²) in [6, 6.07) is 13.1. The van der Waals surface area contributed by atoms with Crippen molar-refractivity contribution in [2.45, 2.75) is 39.3 Å². The van der Waals surface area contributed by atoms with Crippen LogP contribution in [-0.2, 0) is 31.4 Å². The normalized spacial score (nSPS) is 11.1. The van der Waals surface area contributed by atoms with Gasteiger partial charge in [0.1, 0.15) is 12.4 Å². The molecule has 1 N–H and O–H groups in total. The van der Waals surface area contributed by atoms with E-state index in [0.29, 0.717) is 11.3 Å². The number of amides is 1. The van der Waals surface area contributed by atoms with Crippen molar-refractivity contribution in [3.63, 3.8) is 0 Å². The first-order valence-electron chi connectivity index (χ1n) is 11.2. The van der Waals surface area contributed by atoms with Crippen LogP contribution in [0.25, 0.3) is 11.0 Å². The lowest BCUT2D eigenvalue weighted by Gasteiger charge is -2.12. The molecule has 0 aliphatic heterocycles. The summed E-state index contributed by atoms with van der Waals surface area (Å²) in [6.45, 7) is 1.78. The topological polar surface area (TPSA) is 90.9 Å². The molecule has 0 aliphatic carbocycles. The number of anilines is 1. The molecule has 2 aromatic heterocycles. The molecule has 34 heavy (non-hydrogen) atoms. The van der Waals surface area contributed by atoms with E-state index in [1.165, 1.54) is 45.3 Å². The van der Waals surface area contributed by atoms with Crippen LogP contribution in [0.2, 0.25) is 0 Å². The van der Waals surface area contributed by atoms with Crippen molar-refractivity contribution in [1.82, 2.24) is 18.9 Å². The minimum atomic E-state index is -0.639. The van der Waals surface area contributed by atoms with Crippen molar-refractivity contribution in [3.05, 3.63) is 92.5 Å².